The lowest BCUT2D eigenvalue weighted by atomic mass is 9.66. The third-order valence-corrected chi connectivity index (χ3v) is 18.0. The van der Waals surface area contributed by atoms with E-state index in [0.717, 1.165) is 0 Å². The van der Waals surface area contributed by atoms with Gasteiger partial charge in [0.25, 0.3) is 0 Å². The minimum atomic E-state index is -0.683. The van der Waals surface area contributed by atoms with Crippen molar-refractivity contribution in [2.24, 2.45) is 0 Å². The molecule has 0 N–H and O–H groups in total. The van der Waals surface area contributed by atoms with Gasteiger partial charge in [0.15, 0.2) is 0 Å². The molecular weight excluding hydrogens is 997 g/mol. The lowest BCUT2D eigenvalue weighted by Gasteiger charge is -2.35. The van der Waals surface area contributed by atoms with Crippen molar-refractivity contribution in [1.82, 2.24) is 0 Å². The van der Waals surface area contributed by atoms with E-state index in [0.29, 0.717) is 0 Å². The molecule has 0 heterocycles. The fraction of sp³-hybridized carbons (Fsp3) is 0.0602. The van der Waals surface area contributed by atoms with Crippen LogP contribution in [-0.2, 0) is 10.8 Å². The van der Waals surface area contributed by atoms with Crippen molar-refractivity contribution in [3.63, 3.8) is 0 Å². The van der Waals surface area contributed by atoms with Crippen LogP contribution in [0, 0.1) is 6.92 Å². The third kappa shape index (κ3) is 8.44. The van der Waals surface area contributed by atoms with Gasteiger partial charge in [0.1, 0.15) is 0 Å². The summed E-state index contributed by atoms with van der Waals surface area (Å²) in [6, 6.07) is 116. The predicted molar refractivity (Wildman–Crippen MR) is 350 cm³/mol. The van der Waals surface area contributed by atoms with Gasteiger partial charge in [0, 0.05) is 5.41 Å². The second kappa shape index (κ2) is 20.1. The molecule has 0 amide bonds. The fourth-order valence-electron chi connectivity index (χ4n) is 14.0. The van der Waals surface area contributed by atoms with Gasteiger partial charge in [0.2, 0.25) is 0 Å². The van der Waals surface area contributed by atoms with Gasteiger partial charge in [-0.15, -0.1) is 0 Å². The van der Waals surface area contributed by atoms with Crippen LogP contribution in [-0.4, -0.2) is 0 Å². The predicted octanol–water partition coefficient (Wildman–Crippen LogP) is 22.0. The van der Waals surface area contributed by atoms with Crippen LogP contribution in [0.25, 0.3) is 111 Å². The molecule has 0 nitrogen and oxygen atoms in total. The van der Waals surface area contributed by atoms with Crippen LogP contribution < -0.4 is 0 Å². The monoisotopic (exact) mass is 1060 g/mol. The van der Waals surface area contributed by atoms with Crippen LogP contribution in [0.15, 0.2) is 309 Å². The summed E-state index contributed by atoms with van der Waals surface area (Å²) < 4.78 is 0. The Morgan fingerprint density at radius 2 is 0.506 bits per heavy atom. The highest BCUT2D eigenvalue weighted by molar-refractivity contribution is 6.01. The van der Waals surface area contributed by atoms with Crippen molar-refractivity contribution < 1.29 is 0 Å². The molecule has 0 saturated heterocycles. The minimum Gasteiger partial charge on any atom is -0.0622 e. The summed E-state index contributed by atoms with van der Waals surface area (Å²) in [5.41, 5.74) is 32.8. The van der Waals surface area contributed by atoms with Crippen molar-refractivity contribution >= 4 is 0 Å². The molecule has 0 bridgehead atoms. The Hall–Kier alpha value is -10.1. The van der Waals surface area contributed by atoms with E-state index in [4.69, 9.17) is 0 Å². The normalized spacial score (nSPS) is 13.2. The topological polar surface area (TPSA) is 0 Å². The first-order valence-electron chi connectivity index (χ1n) is 29.1. The molecule has 0 unspecified atom stereocenters. The molecule has 0 aliphatic heterocycles. The molecule has 392 valence electrons. The van der Waals surface area contributed by atoms with E-state index in [9.17, 15) is 0 Å². The largest absolute Gasteiger partial charge is 0.0714 e. The number of hydrogen-bond acceptors (Lipinski definition) is 0. The maximum Gasteiger partial charge on any atom is 0.0714 e. The Kier molecular flexibility index (Phi) is 12.1. The van der Waals surface area contributed by atoms with Crippen LogP contribution in [0.1, 0.15) is 52.8 Å². The summed E-state index contributed by atoms with van der Waals surface area (Å²) in [4.78, 5) is 0. The summed E-state index contributed by atoms with van der Waals surface area (Å²) >= 11 is 0. The number of fused-ring (bicyclic) bond motifs is 7. The maximum atomic E-state index is 2.50. The zero-order valence-electron chi connectivity index (χ0n) is 46.9. The molecule has 0 aromatic heterocycles. The molecule has 2 aliphatic carbocycles. The molecule has 13 aromatic carbocycles. The Balaban J connectivity index is 0.920. The Morgan fingerprint density at radius 3 is 0.952 bits per heavy atom. The molecule has 0 spiro atoms. The molecule has 0 radical (unpaired) electrons. The van der Waals surface area contributed by atoms with Crippen LogP contribution in [0.3, 0.4) is 0 Å². The molecule has 13 aromatic rings. The van der Waals surface area contributed by atoms with E-state index in [2.05, 4.69) is 330 Å². The average molecular weight is 1060 g/mol. The van der Waals surface area contributed by atoms with Gasteiger partial charge in [-0.25, -0.2) is 0 Å². The first-order chi connectivity index (χ1) is 40.8. The number of hydrogen-bond donors (Lipinski definition) is 0. The van der Waals surface area contributed by atoms with E-state index < -0.39 is 5.41 Å². The molecule has 15 rings (SSSR count). The van der Waals surface area contributed by atoms with E-state index in [1.807, 2.05) is 0 Å². The SMILES string of the molecule is Cc1cccc2c1-c1c(ccc3c1-c1ccccc1C3(C)C)C2(c1cccc(-c2cccc(-c3cc(-c4ccccc4)cc(-c4ccccc4)c3)c2)c1)c1cccc(-c2cccc(-c3cc(-c4ccccc4)cc(-c4ccccc4)c3)c2)c1. The third-order valence-electron chi connectivity index (χ3n) is 18.0. The first kappa shape index (κ1) is 49.9. The summed E-state index contributed by atoms with van der Waals surface area (Å²) in [6.07, 6.45) is 0. The molecule has 0 saturated carbocycles. The van der Waals surface area contributed by atoms with Crippen molar-refractivity contribution in [1.29, 1.82) is 0 Å². The van der Waals surface area contributed by atoms with E-state index in [1.54, 1.807) is 0 Å². The zero-order chi connectivity index (χ0) is 55.7. The fourth-order valence-corrected chi connectivity index (χ4v) is 14.0. The van der Waals surface area contributed by atoms with Gasteiger partial charge < -0.3 is 0 Å². The minimum absolute atomic E-state index is 0.157. The number of benzene rings is 13. The van der Waals surface area contributed by atoms with E-state index >= 15 is 0 Å². The highest BCUT2D eigenvalue weighted by Crippen LogP contribution is 2.63. The van der Waals surface area contributed by atoms with Crippen molar-refractivity contribution in [3.05, 3.63) is 348 Å². The average Bonchev–Trinajstić information content (AvgIpc) is 2.08. The lowest BCUT2D eigenvalue weighted by molar-refractivity contribution is 0.659. The Morgan fingerprint density at radius 1 is 0.205 bits per heavy atom. The quantitative estimate of drug-likeness (QED) is 0.128. The molecular formula is C83H60. The van der Waals surface area contributed by atoms with Crippen LogP contribution in [0.5, 0.6) is 0 Å². The van der Waals surface area contributed by atoms with Gasteiger partial charge in [-0.05, 0) is 218 Å². The molecule has 2 aliphatic rings. The molecule has 83 heavy (non-hydrogen) atoms. The first-order valence-corrected chi connectivity index (χ1v) is 29.1. The summed E-state index contributed by atoms with van der Waals surface area (Å²) in [5.74, 6) is 0. The second-order valence-corrected chi connectivity index (χ2v) is 23.2. The van der Waals surface area contributed by atoms with E-state index in [1.165, 1.54) is 150 Å². The molecule has 0 heteroatoms. The van der Waals surface area contributed by atoms with Crippen molar-refractivity contribution in [2.45, 2.75) is 31.6 Å². The van der Waals surface area contributed by atoms with Crippen LogP contribution in [0.2, 0.25) is 0 Å². The second-order valence-electron chi connectivity index (χ2n) is 23.2. The Bertz CT molecular complexity index is 4290. The molecule has 0 atom stereocenters. The zero-order valence-corrected chi connectivity index (χ0v) is 46.9. The van der Waals surface area contributed by atoms with Gasteiger partial charge in [-0.2, -0.15) is 0 Å². The number of aryl methyl sites for hydroxylation is 1. The highest BCUT2D eigenvalue weighted by atomic mass is 14.5. The van der Waals surface area contributed by atoms with Gasteiger partial charge in [-0.3, -0.25) is 0 Å². The summed E-state index contributed by atoms with van der Waals surface area (Å²) in [6.45, 7) is 7.13. The van der Waals surface area contributed by atoms with Crippen molar-refractivity contribution in [2.75, 3.05) is 0 Å². The summed E-state index contributed by atoms with van der Waals surface area (Å²) in [5, 5.41) is 0. The van der Waals surface area contributed by atoms with Gasteiger partial charge >= 0.3 is 0 Å². The summed E-state index contributed by atoms with van der Waals surface area (Å²) in [7, 11) is 0. The van der Waals surface area contributed by atoms with Crippen LogP contribution in [0.4, 0.5) is 0 Å². The lowest BCUT2D eigenvalue weighted by Crippen LogP contribution is -2.29. The van der Waals surface area contributed by atoms with Gasteiger partial charge in [0.05, 0.1) is 5.41 Å². The number of rotatable bonds is 10. The highest BCUT2D eigenvalue weighted by Gasteiger charge is 2.50. The van der Waals surface area contributed by atoms with E-state index in [-0.39, 0.29) is 5.41 Å². The van der Waals surface area contributed by atoms with Gasteiger partial charge in [-0.1, -0.05) is 263 Å². The standard InChI is InChI=1S/C83H60/c1-55-23-18-42-77-79(55)81-78(44-43-76-80(81)74-40-16-17-41-75(74)82(76,2)3)83(77,72-38-21-36-64(53-72)60-32-19-34-62(45-60)70-49-66(56-24-8-4-9-25-56)47-67(50-70)57-26-10-5-11-27-57)73-39-22-37-65(54-73)61-33-20-35-63(46-61)71-51-68(58-28-12-6-13-29-58)48-69(52-71)59-30-14-7-15-31-59/h4-54H,1-3H3. The van der Waals surface area contributed by atoms with Crippen LogP contribution >= 0.6 is 0 Å². The smallest absolute Gasteiger partial charge is 0.0622 e. The Labute approximate surface area is 488 Å². The van der Waals surface area contributed by atoms with Crippen molar-refractivity contribution in [3.8, 4) is 111 Å². The maximum absolute atomic E-state index is 2.50. The molecule has 0 fully saturated rings.